The van der Waals surface area contributed by atoms with Gasteiger partial charge in [0.25, 0.3) is 0 Å². The summed E-state index contributed by atoms with van der Waals surface area (Å²) in [6.45, 7) is 1.03. The minimum Gasteiger partial charge on any atom is -0.397 e. The molecule has 3 rings (SSSR count). The van der Waals surface area contributed by atoms with Gasteiger partial charge in [0.1, 0.15) is 0 Å². The van der Waals surface area contributed by atoms with Crippen LogP contribution >= 0.6 is 0 Å². The van der Waals surface area contributed by atoms with E-state index in [1.165, 1.54) is 38.5 Å². The van der Waals surface area contributed by atoms with E-state index in [0.717, 1.165) is 34.7 Å². The fraction of sp³-hybridized carbons (Fsp3) is 0.471. The molecule has 0 unspecified atom stereocenters. The Kier molecular flexibility index (Phi) is 4.05. The summed E-state index contributed by atoms with van der Waals surface area (Å²) in [4.78, 5) is 4.37. The maximum atomic E-state index is 5.97. The number of benzene rings is 1. The molecule has 1 saturated carbocycles. The van der Waals surface area contributed by atoms with Gasteiger partial charge in [-0.1, -0.05) is 25.7 Å². The first-order chi connectivity index (χ1) is 9.84. The van der Waals surface area contributed by atoms with Crippen LogP contribution in [-0.4, -0.2) is 11.5 Å². The van der Waals surface area contributed by atoms with E-state index in [4.69, 9.17) is 5.73 Å². The quantitative estimate of drug-likeness (QED) is 0.632. The van der Waals surface area contributed by atoms with Gasteiger partial charge >= 0.3 is 0 Å². The van der Waals surface area contributed by atoms with Crippen LogP contribution in [-0.2, 0) is 0 Å². The summed E-state index contributed by atoms with van der Waals surface area (Å²) in [5.41, 5.74) is 8.76. The van der Waals surface area contributed by atoms with Gasteiger partial charge in [-0.25, -0.2) is 0 Å². The van der Waals surface area contributed by atoms with Crippen molar-refractivity contribution in [2.45, 2.75) is 38.5 Å². The molecule has 1 aromatic heterocycles. The molecule has 20 heavy (non-hydrogen) atoms. The first kappa shape index (κ1) is 13.2. The van der Waals surface area contributed by atoms with Crippen LogP contribution in [0.3, 0.4) is 0 Å². The van der Waals surface area contributed by atoms with Gasteiger partial charge < -0.3 is 11.1 Å². The van der Waals surface area contributed by atoms with Gasteiger partial charge in [-0.15, -0.1) is 0 Å². The Morgan fingerprint density at radius 3 is 2.90 bits per heavy atom. The lowest BCUT2D eigenvalue weighted by Gasteiger charge is -2.12. The lowest BCUT2D eigenvalue weighted by Crippen LogP contribution is -2.05. The zero-order chi connectivity index (χ0) is 13.8. The van der Waals surface area contributed by atoms with E-state index in [1.54, 1.807) is 6.20 Å². The van der Waals surface area contributed by atoms with Crippen LogP contribution in [0.2, 0.25) is 0 Å². The minimum absolute atomic E-state index is 0.747. The van der Waals surface area contributed by atoms with Gasteiger partial charge in [-0.05, 0) is 43.0 Å². The summed E-state index contributed by atoms with van der Waals surface area (Å²) in [7, 11) is 0. The fourth-order valence-corrected chi connectivity index (χ4v) is 3.26. The number of hydrogen-bond acceptors (Lipinski definition) is 3. The van der Waals surface area contributed by atoms with E-state index in [1.807, 2.05) is 12.1 Å². The van der Waals surface area contributed by atoms with Crippen molar-refractivity contribution in [2.75, 3.05) is 17.6 Å². The average molecular weight is 269 g/mol. The maximum Gasteiger partial charge on any atom is 0.0951 e. The molecule has 0 spiro atoms. The smallest absolute Gasteiger partial charge is 0.0951 e. The van der Waals surface area contributed by atoms with Crippen LogP contribution in [0.15, 0.2) is 30.5 Å². The predicted molar refractivity (Wildman–Crippen MR) is 85.8 cm³/mol. The van der Waals surface area contributed by atoms with Gasteiger partial charge in [0.15, 0.2) is 0 Å². The van der Waals surface area contributed by atoms with E-state index >= 15 is 0 Å². The van der Waals surface area contributed by atoms with Crippen molar-refractivity contribution in [3.63, 3.8) is 0 Å². The topological polar surface area (TPSA) is 50.9 Å². The highest BCUT2D eigenvalue weighted by Gasteiger charge is 2.14. The summed E-state index contributed by atoms with van der Waals surface area (Å²) in [5, 5.41) is 4.66. The predicted octanol–water partition coefficient (Wildman–Crippen LogP) is 4.20. The summed E-state index contributed by atoms with van der Waals surface area (Å²) in [6, 6.07) is 8.05. The first-order valence-electron chi connectivity index (χ1n) is 7.71. The number of aromatic nitrogens is 1. The van der Waals surface area contributed by atoms with Crippen LogP contribution in [0.5, 0.6) is 0 Å². The second-order valence-corrected chi connectivity index (χ2v) is 5.82. The van der Waals surface area contributed by atoms with Gasteiger partial charge in [0.2, 0.25) is 0 Å². The number of hydrogen-bond donors (Lipinski definition) is 2. The van der Waals surface area contributed by atoms with Crippen molar-refractivity contribution in [1.82, 2.24) is 4.98 Å². The molecule has 0 aliphatic heterocycles. The van der Waals surface area contributed by atoms with Gasteiger partial charge in [-0.2, -0.15) is 0 Å². The van der Waals surface area contributed by atoms with Crippen LogP contribution in [0.25, 0.3) is 10.9 Å². The van der Waals surface area contributed by atoms with E-state index in [-0.39, 0.29) is 0 Å². The Bertz CT molecular complexity index is 573. The Labute approximate surface area is 120 Å². The molecule has 1 fully saturated rings. The van der Waals surface area contributed by atoms with Crippen molar-refractivity contribution < 1.29 is 0 Å². The van der Waals surface area contributed by atoms with Gasteiger partial charge in [0, 0.05) is 23.8 Å². The van der Waals surface area contributed by atoms with Crippen LogP contribution in [0.1, 0.15) is 38.5 Å². The molecule has 2 aromatic rings. The molecule has 0 saturated heterocycles. The van der Waals surface area contributed by atoms with Crippen molar-refractivity contribution >= 4 is 22.3 Å². The fourth-order valence-electron chi connectivity index (χ4n) is 3.26. The second-order valence-electron chi connectivity index (χ2n) is 5.82. The Balaban J connectivity index is 1.61. The van der Waals surface area contributed by atoms with E-state index < -0.39 is 0 Å². The largest absolute Gasteiger partial charge is 0.397 e. The summed E-state index contributed by atoms with van der Waals surface area (Å²) >= 11 is 0. The van der Waals surface area contributed by atoms with Crippen molar-refractivity contribution in [1.29, 1.82) is 0 Å². The van der Waals surface area contributed by atoms with Crippen molar-refractivity contribution in [3.8, 4) is 0 Å². The number of pyridine rings is 1. The van der Waals surface area contributed by atoms with E-state index in [9.17, 15) is 0 Å². The Morgan fingerprint density at radius 2 is 2.05 bits per heavy atom. The van der Waals surface area contributed by atoms with E-state index in [0.29, 0.717) is 0 Å². The zero-order valence-corrected chi connectivity index (χ0v) is 11.9. The molecule has 1 aliphatic rings. The lowest BCUT2D eigenvalue weighted by molar-refractivity contribution is 0.491. The molecule has 106 valence electrons. The number of nitrogen functional groups attached to an aromatic ring is 1. The van der Waals surface area contributed by atoms with Crippen LogP contribution in [0, 0.1) is 5.92 Å². The molecule has 3 nitrogen and oxygen atoms in total. The van der Waals surface area contributed by atoms with E-state index in [2.05, 4.69) is 22.4 Å². The number of anilines is 2. The first-order valence-corrected chi connectivity index (χ1v) is 7.71. The Morgan fingerprint density at radius 1 is 1.20 bits per heavy atom. The van der Waals surface area contributed by atoms with Gasteiger partial charge in [-0.3, -0.25) is 4.98 Å². The molecule has 1 aromatic carbocycles. The molecular formula is C17H23N3. The highest BCUT2D eigenvalue weighted by molar-refractivity contribution is 5.98. The number of nitrogens with two attached hydrogens (primary N) is 1. The molecule has 0 bridgehead atoms. The minimum atomic E-state index is 0.747. The standard InChI is InChI=1S/C17H23N3/c18-15-9-10-16(14-8-4-12-20-17(14)15)19-11-3-7-13-5-1-2-6-13/h4,8-10,12-13,19H,1-3,5-7,11,18H2. The summed E-state index contributed by atoms with van der Waals surface area (Å²) in [5.74, 6) is 0.974. The Hall–Kier alpha value is -1.77. The van der Waals surface area contributed by atoms with Crippen molar-refractivity contribution in [2.24, 2.45) is 5.92 Å². The average Bonchev–Trinajstić information content (AvgIpc) is 2.99. The SMILES string of the molecule is Nc1ccc(NCCCC2CCCC2)c2cccnc12. The second kappa shape index (κ2) is 6.12. The molecule has 1 heterocycles. The number of nitrogens with one attached hydrogen (secondary N) is 1. The molecule has 3 heteroatoms. The summed E-state index contributed by atoms with van der Waals surface area (Å²) < 4.78 is 0. The third-order valence-electron chi connectivity index (χ3n) is 4.38. The third-order valence-corrected chi connectivity index (χ3v) is 4.38. The highest BCUT2D eigenvalue weighted by atomic mass is 14.9. The number of nitrogens with zero attached hydrogens (tertiary/aromatic N) is 1. The maximum absolute atomic E-state index is 5.97. The third kappa shape index (κ3) is 2.87. The van der Waals surface area contributed by atoms with Crippen LogP contribution in [0.4, 0.5) is 11.4 Å². The number of rotatable bonds is 5. The lowest BCUT2D eigenvalue weighted by atomic mass is 10.0. The van der Waals surface area contributed by atoms with Crippen molar-refractivity contribution in [3.05, 3.63) is 30.5 Å². The van der Waals surface area contributed by atoms with Crippen LogP contribution < -0.4 is 11.1 Å². The molecule has 0 radical (unpaired) electrons. The molecule has 0 atom stereocenters. The molecule has 0 amide bonds. The van der Waals surface area contributed by atoms with Gasteiger partial charge in [0.05, 0.1) is 11.2 Å². The monoisotopic (exact) mass is 269 g/mol. The zero-order valence-electron chi connectivity index (χ0n) is 11.9. The highest BCUT2D eigenvalue weighted by Crippen LogP contribution is 2.29. The normalized spacial score (nSPS) is 15.8. The molecule has 1 aliphatic carbocycles. The number of fused-ring (bicyclic) bond motifs is 1. The summed E-state index contributed by atoms with van der Waals surface area (Å²) in [6.07, 6.45) is 10.2. The molecule has 3 N–H and O–H groups in total. The molecular weight excluding hydrogens is 246 g/mol.